The van der Waals surface area contributed by atoms with Gasteiger partial charge in [0.15, 0.2) is 6.04 Å². The number of aliphatic hydroxyl groups is 1. The van der Waals surface area contributed by atoms with Gasteiger partial charge in [0.2, 0.25) is 0 Å². The zero-order valence-electron chi connectivity index (χ0n) is 12.7. The van der Waals surface area contributed by atoms with Crippen molar-refractivity contribution in [2.24, 2.45) is 0 Å². The van der Waals surface area contributed by atoms with Crippen LogP contribution in [0.3, 0.4) is 0 Å². The Hall–Kier alpha value is -2.41. The van der Waals surface area contributed by atoms with Crippen molar-refractivity contribution in [3.63, 3.8) is 0 Å². The molecule has 2 rings (SSSR count). The summed E-state index contributed by atoms with van der Waals surface area (Å²) in [6.45, 7) is 5.08. The van der Waals surface area contributed by atoms with Gasteiger partial charge in [-0.2, -0.15) is 0 Å². The number of carbonyl (C=O) groups excluding carboxylic acids is 1. The fourth-order valence-corrected chi connectivity index (χ4v) is 2.28. The first kappa shape index (κ1) is 16.0. The number of amides is 1. The van der Waals surface area contributed by atoms with Crippen LogP contribution >= 0.6 is 0 Å². The standard InChI is InChI=1S/C15H19N3O4/c1-4-10-13(14(20)17-12(9(3)19)15(21)22)18-7-8(2)5-6-11(18)16-10/h5-7,9,12,19H,4H2,1-3H3,(H,17,20)(H,21,22). The van der Waals surface area contributed by atoms with Crippen LogP contribution in [-0.4, -0.2) is 43.6 Å². The molecule has 0 bridgehead atoms. The van der Waals surface area contributed by atoms with E-state index in [9.17, 15) is 14.7 Å². The van der Waals surface area contributed by atoms with E-state index in [-0.39, 0.29) is 0 Å². The van der Waals surface area contributed by atoms with Crippen molar-refractivity contribution < 1.29 is 19.8 Å². The molecule has 0 aliphatic carbocycles. The number of carbonyl (C=O) groups is 2. The number of carboxylic acids is 1. The lowest BCUT2D eigenvalue weighted by atomic mass is 10.1. The second-order valence-corrected chi connectivity index (χ2v) is 5.23. The number of aryl methyl sites for hydroxylation is 2. The molecule has 0 aliphatic heterocycles. The number of fused-ring (bicyclic) bond motifs is 1. The second-order valence-electron chi connectivity index (χ2n) is 5.23. The molecule has 2 heterocycles. The molecule has 0 aromatic carbocycles. The Balaban J connectivity index is 2.46. The van der Waals surface area contributed by atoms with Crippen molar-refractivity contribution in [1.82, 2.24) is 14.7 Å². The topological polar surface area (TPSA) is 104 Å². The Labute approximate surface area is 127 Å². The molecular weight excluding hydrogens is 286 g/mol. The average molecular weight is 305 g/mol. The van der Waals surface area contributed by atoms with Crippen LogP contribution in [0.15, 0.2) is 18.3 Å². The van der Waals surface area contributed by atoms with Crippen molar-refractivity contribution in [3.8, 4) is 0 Å². The normalized spacial score (nSPS) is 13.8. The van der Waals surface area contributed by atoms with Crippen LogP contribution in [0.4, 0.5) is 0 Å². The van der Waals surface area contributed by atoms with Crippen LogP contribution in [0.2, 0.25) is 0 Å². The van der Waals surface area contributed by atoms with E-state index in [2.05, 4.69) is 10.3 Å². The molecule has 0 spiro atoms. The molecule has 2 aromatic rings. The fourth-order valence-electron chi connectivity index (χ4n) is 2.28. The minimum atomic E-state index is -1.37. The molecule has 2 atom stereocenters. The molecule has 3 N–H and O–H groups in total. The summed E-state index contributed by atoms with van der Waals surface area (Å²) in [7, 11) is 0. The minimum Gasteiger partial charge on any atom is -0.480 e. The molecule has 0 saturated heterocycles. The number of imidazole rings is 1. The molecule has 1 amide bonds. The zero-order valence-corrected chi connectivity index (χ0v) is 12.7. The van der Waals surface area contributed by atoms with Crippen molar-refractivity contribution in [3.05, 3.63) is 35.3 Å². The summed E-state index contributed by atoms with van der Waals surface area (Å²) in [5.41, 5.74) is 2.45. The lowest BCUT2D eigenvalue weighted by molar-refractivity contribution is -0.141. The first-order valence-corrected chi connectivity index (χ1v) is 7.04. The molecule has 0 fully saturated rings. The highest BCUT2D eigenvalue weighted by atomic mass is 16.4. The highest BCUT2D eigenvalue weighted by Gasteiger charge is 2.28. The van der Waals surface area contributed by atoms with Crippen LogP contribution < -0.4 is 5.32 Å². The largest absolute Gasteiger partial charge is 0.480 e. The molecule has 0 radical (unpaired) electrons. The van der Waals surface area contributed by atoms with Gasteiger partial charge in [0.05, 0.1) is 11.8 Å². The van der Waals surface area contributed by atoms with E-state index in [1.54, 1.807) is 16.7 Å². The summed E-state index contributed by atoms with van der Waals surface area (Å²) in [4.78, 5) is 28.0. The van der Waals surface area contributed by atoms with E-state index in [1.807, 2.05) is 19.9 Å². The van der Waals surface area contributed by atoms with Gasteiger partial charge in [-0.1, -0.05) is 13.0 Å². The summed E-state index contributed by atoms with van der Waals surface area (Å²) in [6.07, 6.45) is 1.11. The number of aromatic nitrogens is 2. The number of nitrogens with one attached hydrogen (secondary N) is 1. The molecule has 0 aliphatic rings. The molecule has 2 unspecified atom stereocenters. The van der Waals surface area contributed by atoms with Crippen LogP contribution in [0, 0.1) is 6.92 Å². The quantitative estimate of drug-likeness (QED) is 0.757. The summed E-state index contributed by atoms with van der Waals surface area (Å²) in [6, 6.07) is 2.32. The van der Waals surface area contributed by atoms with Gasteiger partial charge in [-0.25, -0.2) is 9.78 Å². The Bertz CT molecular complexity index is 721. The highest BCUT2D eigenvalue weighted by Crippen LogP contribution is 2.15. The summed E-state index contributed by atoms with van der Waals surface area (Å²) in [5.74, 6) is -1.85. The van der Waals surface area contributed by atoms with Crippen LogP contribution in [0.25, 0.3) is 5.65 Å². The Morgan fingerprint density at radius 3 is 2.64 bits per heavy atom. The van der Waals surface area contributed by atoms with E-state index < -0.39 is 24.0 Å². The highest BCUT2D eigenvalue weighted by molar-refractivity contribution is 5.97. The van der Waals surface area contributed by atoms with Crippen LogP contribution in [0.5, 0.6) is 0 Å². The third-order valence-electron chi connectivity index (χ3n) is 3.42. The first-order chi connectivity index (χ1) is 10.3. The number of carboxylic acid groups (broad SMARTS) is 1. The summed E-state index contributed by atoms with van der Waals surface area (Å²) < 4.78 is 1.64. The van der Waals surface area contributed by atoms with Crippen molar-refractivity contribution in [2.75, 3.05) is 0 Å². The number of aliphatic carboxylic acids is 1. The number of pyridine rings is 1. The van der Waals surface area contributed by atoms with Gasteiger partial charge < -0.3 is 15.5 Å². The Kier molecular flexibility index (Phi) is 4.46. The van der Waals surface area contributed by atoms with E-state index in [0.717, 1.165) is 5.56 Å². The monoisotopic (exact) mass is 305 g/mol. The molecular formula is C15H19N3O4. The maximum absolute atomic E-state index is 12.5. The Morgan fingerprint density at radius 2 is 2.09 bits per heavy atom. The maximum Gasteiger partial charge on any atom is 0.328 e. The molecule has 118 valence electrons. The average Bonchev–Trinajstić information content (AvgIpc) is 2.81. The van der Waals surface area contributed by atoms with E-state index in [0.29, 0.717) is 23.5 Å². The predicted molar refractivity (Wildman–Crippen MR) is 79.9 cm³/mol. The molecule has 7 nitrogen and oxygen atoms in total. The fraction of sp³-hybridized carbons (Fsp3) is 0.400. The SMILES string of the molecule is CCc1nc2ccc(C)cn2c1C(=O)NC(C(=O)O)C(C)O. The van der Waals surface area contributed by atoms with Gasteiger partial charge >= 0.3 is 5.97 Å². The van der Waals surface area contributed by atoms with Gasteiger partial charge in [-0.3, -0.25) is 9.20 Å². The zero-order chi connectivity index (χ0) is 16.4. The number of aliphatic hydroxyl groups excluding tert-OH is 1. The minimum absolute atomic E-state index is 0.299. The number of nitrogens with zero attached hydrogens (tertiary/aromatic N) is 2. The van der Waals surface area contributed by atoms with Gasteiger partial charge in [0.1, 0.15) is 11.3 Å². The van der Waals surface area contributed by atoms with Crippen molar-refractivity contribution >= 4 is 17.5 Å². The van der Waals surface area contributed by atoms with Crippen LogP contribution in [0.1, 0.15) is 35.6 Å². The van der Waals surface area contributed by atoms with E-state index >= 15 is 0 Å². The lowest BCUT2D eigenvalue weighted by Gasteiger charge is -2.17. The second kappa shape index (κ2) is 6.15. The lowest BCUT2D eigenvalue weighted by Crippen LogP contribution is -2.48. The third kappa shape index (κ3) is 2.94. The van der Waals surface area contributed by atoms with Gasteiger partial charge in [0, 0.05) is 6.20 Å². The molecule has 2 aromatic heterocycles. The number of hydrogen-bond donors (Lipinski definition) is 3. The van der Waals surface area contributed by atoms with Crippen molar-refractivity contribution in [1.29, 1.82) is 0 Å². The summed E-state index contributed by atoms with van der Waals surface area (Å²) >= 11 is 0. The number of rotatable bonds is 5. The third-order valence-corrected chi connectivity index (χ3v) is 3.42. The predicted octanol–water partition coefficient (Wildman–Crippen LogP) is 0.769. The van der Waals surface area contributed by atoms with E-state index in [4.69, 9.17) is 5.11 Å². The van der Waals surface area contributed by atoms with Gasteiger partial charge in [0.25, 0.3) is 5.91 Å². The maximum atomic E-state index is 12.5. The molecule has 7 heteroatoms. The first-order valence-electron chi connectivity index (χ1n) is 7.04. The van der Waals surface area contributed by atoms with Gasteiger partial charge in [-0.05, 0) is 31.9 Å². The summed E-state index contributed by atoms with van der Waals surface area (Å²) in [5, 5.41) is 20.9. The number of hydrogen-bond acceptors (Lipinski definition) is 4. The Morgan fingerprint density at radius 1 is 1.41 bits per heavy atom. The van der Waals surface area contributed by atoms with Crippen molar-refractivity contribution in [2.45, 2.75) is 39.3 Å². The van der Waals surface area contributed by atoms with Gasteiger partial charge in [-0.15, -0.1) is 0 Å². The molecule has 22 heavy (non-hydrogen) atoms. The van der Waals surface area contributed by atoms with E-state index in [1.165, 1.54) is 6.92 Å². The molecule has 0 saturated carbocycles. The van der Waals surface area contributed by atoms with Crippen LogP contribution in [-0.2, 0) is 11.2 Å². The smallest absolute Gasteiger partial charge is 0.328 e.